The maximum atomic E-state index is 12.7. The van der Waals surface area contributed by atoms with Gasteiger partial charge in [-0.25, -0.2) is 4.79 Å². The lowest BCUT2D eigenvalue weighted by Crippen LogP contribution is -2.41. The lowest BCUT2D eigenvalue weighted by molar-refractivity contribution is -0.136. The van der Waals surface area contributed by atoms with Gasteiger partial charge in [0.25, 0.3) is 5.91 Å². The highest BCUT2D eigenvalue weighted by Gasteiger charge is 2.21. The largest absolute Gasteiger partial charge is 0.493 e. The zero-order valence-corrected chi connectivity index (χ0v) is 22.4. The molecule has 36 heavy (non-hydrogen) atoms. The molecule has 0 radical (unpaired) electrons. The molecule has 1 heterocycles. The summed E-state index contributed by atoms with van der Waals surface area (Å²) in [6, 6.07) is 10.6. The summed E-state index contributed by atoms with van der Waals surface area (Å²) in [5.41, 5.74) is 2.54. The van der Waals surface area contributed by atoms with Crippen LogP contribution in [0.5, 0.6) is 17.2 Å². The van der Waals surface area contributed by atoms with Gasteiger partial charge in [-0.1, -0.05) is 35.8 Å². The van der Waals surface area contributed by atoms with Gasteiger partial charge in [-0.15, -0.1) is 0 Å². The Morgan fingerprint density at radius 1 is 1.17 bits per heavy atom. The molecule has 2 aromatic carbocycles. The van der Waals surface area contributed by atoms with Crippen molar-refractivity contribution in [3.05, 3.63) is 57.1 Å². The van der Waals surface area contributed by atoms with Crippen LogP contribution in [-0.2, 0) is 14.3 Å². The maximum Gasteiger partial charge on any atom is 0.349 e. The van der Waals surface area contributed by atoms with E-state index in [1.165, 1.54) is 13.2 Å². The third-order valence-electron chi connectivity index (χ3n) is 5.63. The number of benzene rings is 2. The molecule has 0 unspecified atom stereocenters. The Labute approximate surface area is 219 Å². The summed E-state index contributed by atoms with van der Waals surface area (Å²) in [6.45, 7) is 7.55. The fourth-order valence-corrected chi connectivity index (χ4v) is 4.00. The predicted octanol–water partition coefficient (Wildman–Crippen LogP) is 4.64. The van der Waals surface area contributed by atoms with Gasteiger partial charge in [0.05, 0.1) is 20.3 Å². The van der Waals surface area contributed by atoms with E-state index in [2.05, 4.69) is 29.8 Å². The second-order valence-electron chi connectivity index (χ2n) is 8.54. The van der Waals surface area contributed by atoms with Crippen LogP contribution in [0.1, 0.15) is 36.5 Å². The van der Waals surface area contributed by atoms with Crippen molar-refractivity contribution < 1.29 is 28.5 Å². The number of esters is 1. The lowest BCUT2D eigenvalue weighted by Gasteiger charge is -2.26. The molecule has 0 aromatic heterocycles. The second kappa shape index (κ2) is 12.6. The fourth-order valence-electron chi connectivity index (χ4n) is 3.64. The minimum absolute atomic E-state index is 0.00264. The monoisotopic (exact) mass is 556 g/mol. The average Bonchev–Trinajstić information content (AvgIpc) is 2.88. The number of hydrogen-bond donors (Lipinski definition) is 0. The molecule has 2 aromatic rings. The van der Waals surface area contributed by atoms with Crippen molar-refractivity contribution in [1.29, 1.82) is 5.26 Å². The van der Waals surface area contributed by atoms with E-state index in [9.17, 15) is 14.9 Å². The minimum Gasteiger partial charge on any atom is -0.493 e. The van der Waals surface area contributed by atoms with Crippen LogP contribution in [0.2, 0.25) is 0 Å². The Kier molecular flexibility index (Phi) is 9.51. The van der Waals surface area contributed by atoms with Crippen LogP contribution >= 0.6 is 15.9 Å². The van der Waals surface area contributed by atoms with E-state index in [0.717, 1.165) is 15.6 Å². The van der Waals surface area contributed by atoms with Crippen LogP contribution in [0, 0.1) is 18.3 Å². The van der Waals surface area contributed by atoms with Gasteiger partial charge in [0.15, 0.2) is 18.1 Å². The van der Waals surface area contributed by atoms with Crippen molar-refractivity contribution in [2.45, 2.75) is 26.7 Å². The Hall–Kier alpha value is -3.35. The zero-order chi connectivity index (χ0) is 26.2. The van der Waals surface area contributed by atoms with E-state index in [4.69, 9.17) is 18.9 Å². The molecule has 0 saturated carbocycles. The molecular weight excluding hydrogens is 528 g/mol. The molecule has 1 amide bonds. The number of hydrogen-bond acceptors (Lipinski definition) is 7. The minimum atomic E-state index is -0.591. The highest BCUT2D eigenvalue weighted by atomic mass is 79.9. The molecule has 1 aliphatic heterocycles. The van der Waals surface area contributed by atoms with Gasteiger partial charge >= 0.3 is 5.97 Å². The highest BCUT2D eigenvalue weighted by molar-refractivity contribution is 9.10. The van der Waals surface area contributed by atoms with Gasteiger partial charge in [-0.3, -0.25) is 4.79 Å². The van der Waals surface area contributed by atoms with E-state index in [0.29, 0.717) is 37.6 Å². The van der Waals surface area contributed by atoms with Gasteiger partial charge in [-0.05, 0) is 59.9 Å². The third kappa shape index (κ3) is 6.86. The number of carbonyl (C=O) groups excluding carboxylic acids is 2. The van der Waals surface area contributed by atoms with Crippen LogP contribution in [0.3, 0.4) is 0 Å². The topological polar surface area (TPSA) is 98.1 Å². The molecule has 1 fully saturated rings. The first-order valence-electron chi connectivity index (χ1n) is 11.5. The average molecular weight is 557 g/mol. The van der Waals surface area contributed by atoms with Crippen LogP contribution < -0.4 is 14.2 Å². The molecule has 0 bridgehead atoms. The number of halogens is 1. The molecule has 3 rings (SSSR count). The van der Waals surface area contributed by atoms with Gasteiger partial charge in [0.1, 0.15) is 17.4 Å². The number of nitrogens with zero attached hydrogens (tertiary/aromatic N) is 2. The molecule has 9 heteroatoms. The molecule has 190 valence electrons. The standard InChI is InChI=1S/C27H29BrN2O6/c1-17(2)21-14-22(28)18(3)11-24(21)35-16-26(31)36-23-6-5-19(13-25(23)33-4)12-20(15-29)27(32)30-7-9-34-10-8-30/h5-6,11-14,17H,7-10,16H2,1-4H3/b20-12+. The quantitative estimate of drug-likeness (QED) is 0.202. The predicted molar refractivity (Wildman–Crippen MR) is 138 cm³/mol. The molecule has 0 atom stereocenters. The highest BCUT2D eigenvalue weighted by Crippen LogP contribution is 2.33. The van der Waals surface area contributed by atoms with Crippen LogP contribution in [-0.4, -0.2) is 56.8 Å². The van der Waals surface area contributed by atoms with Crippen molar-refractivity contribution in [3.63, 3.8) is 0 Å². The number of rotatable bonds is 8. The summed E-state index contributed by atoms with van der Waals surface area (Å²) in [7, 11) is 1.44. The number of morpholine rings is 1. The van der Waals surface area contributed by atoms with Gasteiger partial charge in [0, 0.05) is 17.6 Å². The summed E-state index contributed by atoms with van der Waals surface area (Å²) in [6.07, 6.45) is 1.48. The van der Waals surface area contributed by atoms with Crippen molar-refractivity contribution in [2.75, 3.05) is 40.0 Å². The fraction of sp³-hybridized carbons (Fsp3) is 0.370. The van der Waals surface area contributed by atoms with E-state index in [1.807, 2.05) is 25.1 Å². The summed E-state index contributed by atoms with van der Waals surface area (Å²) in [5.74, 6) is 0.391. The molecule has 0 spiro atoms. The van der Waals surface area contributed by atoms with Crippen molar-refractivity contribution in [1.82, 2.24) is 4.90 Å². The third-order valence-corrected chi connectivity index (χ3v) is 6.48. The van der Waals surface area contributed by atoms with Crippen LogP contribution in [0.15, 0.2) is 40.4 Å². The Bertz CT molecular complexity index is 1200. The number of aryl methyl sites for hydroxylation is 1. The number of nitriles is 1. The molecule has 0 aliphatic carbocycles. The Balaban J connectivity index is 1.71. The summed E-state index contributed by atoms with van der Waals surface area (Å²) >= 11 is 3.53. The Morgan fingerprint density at radius 2 is 1.89 bits per heavy atom. The van der Waals surface area contributed by atoms with Gasteiger partial charge < -0.3 is 23.8 Å². The van der Waals surface area contributed by atoms with E-state index < -0.39 is 5.97 Å². The number of ether oxygens (including phenoxy) is 4. The summed E-state index contributed by atoms with van der Waals surface area (Å²) in [5, 5.41) is 9.51. The SMILES string of the molecule is COc1cc(/C=C(\C#N)C(=O)N2CCOCC2)ccc1OC(=O)COc1cc(C)c(Br)cc1C(C)C. The molecular formula is C27H29BrN2O6. The lowest BCUT2D eigenvalue weighted by atomic mass is 10.0. The Morgan fingerprint density at radius 3 is 2.53 bits per heavy atom. The molecule has 1 saturated heterocycles. The zero-order valence-electron chi connectivity index (χ0n) is 20.8. The van der Waals surface area contributed by atoms with Crippen molar-refractivity contribution >= 4 is 33.9 Å². The van der Waals surface area contributed by atoms with Crippen LogP contribution in [0.25, 0.3) is 6.08 Å². The first-order valence-corrected chi connectivity index (χ1v) is 12.3. The number of amides is 1. The summed E-state index contributed by atoms with van der Waals surface area (Å²) < 4.78 is 22.9. The molecule has 8 nitrogen and oxygen atoms in total. The normalized spacial score (nSPS) is 13.8. The van der Waals surface area contributed by atoms with Gasteiger partial charge in [-0.2, -0.15) is 5.26 Å². The first-order chi connectivity index (χ1) is 17.2. The summed E-state index contributed by atoms with van der Waals surface area (Å²) in [4.78, 5) is 26.8. The van der Waals surface area contributed by atoms with Gasteiger partial charge in [0.2, 0.25) is 0 Å². The van der Waals surface area contributed by atoms with E-state index in [1.54, 1.807) is 23.1 Å². The van der Waals surface area contributed by atoms with Crippen LogP contribution in [0.4, 0.5) is 0 Å². The van der Waals surface area contributed by atoms with E-state index in [-0.39, 0.29) is 35.5 Å². The molecule has 1 aliphatic rings. The smallest absolute Gasteiger partial charge is 0.349 e. The molecule has 0 N–H and O–H groups in total. The first kappa shape index (κ1) is 27.2. The van der Waals surface area contributed by atoms with Crippen molar-refractivity contribution in [3.8, 4) is 23.3 Å². The van der Waals surface area contributed by atoms with E-state index >= 15 is 0 Å². The maximum absolute atomic E-state index is 12.7. The van der Waals surface area contributed by atoms with Crippen molar-refractivity contribution in [2.24, 2.45) is 0 Å². The number of methoxy groups -OCH3 is 1. The second-order valence-corrected chi connectivity index (χ2v) is 9.40. The number of carbonyl (C=O) groups is 2.